The van der Waals surface area contributed by atoms with Gasteiger partial charge < -0.3 is 5.32 Å². The summed E-state index contributed by atoms with van der Waals surface area (Å²) in [5.74, 6) is 0. The Morgan fingerprint density at radius 1 is 1.22 bits per heavy atom. The second-order valence-electron chi connectivity index (χ2n) is 4.76. The first-order valence-corrected chi connectivity index (χ1v) is 8.20. The van der Waals surface area contributed by atoms with Gasteiger partial charge in [0, 0.05) is 41.2 Å². The third-order valence-corrected chi connectivity index (χ3v) is 5.36. The minimum absolute atomic E-state index is 0.557. The molecule has 18 heavy (non-hydrogen) atoms. The highest BCUT2D eigenvalue weighted by molar-refractivity contribution is 9.13. The molecule has 100 valence electrons. The van der Waals surface area contributed by atoms with E-state index >= 15 is 0 Å². The van der Waals surface area contributed by atoms with Crippen LogP contribution in [0.25, 0.3) is 0 Å². The Bertz CT molecular complexity index is 389. The van der Waals surface area contributed by atoms with Gasteiger partial charge in [0.2, 0.25) is 0 Å². The molecular formula is C14H20Br2N2. The van der Waals surface area contributed by atoms with Crippen molar-refractivity contribution in [3.8, 4) is 0 Å². The first kappa shape index (κ1) is 14.5. The number of piperazine rings is 1. The Kier molecular flexibility index (Phi) is 5.67. The maximum atomic E-state index is 3.61. The Morgan fingerprint density at radius 2 is 1.94 bits per heavy atom. The molecule has 0 amide bonds. The number of nitrogens with zero attached hydrogens (tertiary/aromatic N) is 1. The summed E-state index contributed by atoms with van der Waals surface area (Å²) < 4.78 is 2.28. The smallest absolute Gasteiger partial charge is 0.0349 e. The molecule has 0 bridgehead atoms. The number of benzene rings is 1. The molecule has 1 aromatic rings. The van der Waals surface area contributed by atoms with E-state index < -0.39 is 0 Å². The van der Waals surface area contributed by atoms with E-state index in [9.17, 15) is 0 Å². The molecular weight excluding hydrogens is 356 g/mol. The normalized spacial score (nSPS) is 18.8. The predicted octanol–water partition coefficient (Wildman–Crippen LogP) is 3.96. The zero-order chi connectivity index (χ0) is 13.0. The minimum atomic E-state index is 0.557. The molecule has 0 spiro atoms. The van der Waals surface area contributed by atoms with E-state index in [1.165, 1.54) is 18.4 Å². The van der Waals surface area contributed by atoms with Crippen molar-refractivity contribution in [1.82, 2.24) is 10.2 Å². The molecule has 0 aliphatic carbocycles. The summed E-state index contributed by atoms with van der Waals surface area (Å²) in [7, 11) is 0. The third kappa shape index (κ3) is 3.56. The molecule has 1 saturated heterocycles. The van der Waals surface area contributed by atoms with Crippen molar-refractivity contribution in [1.29, 1.82) is 0 Å². The van der Waals surface area contributed by atoms with Gasteiger partial charge in [0.1, 0.15) is 0 Å². The second kappa shape index (κ2) is 7.04. The number of rotatable bonds is 4. The van der Waals surface area contributed by atoms with Crippen LogP contribution in [0.3, 0.4) is 0 Å². The zero-order valence-corrected chi connectivity index (χ0v) is 13.9. The van der Waals surface area contributed by atoms with Gasteiger partial charge in [-0.2, -0.15) is 0 Å². The van der Waals surface area contributed by atoms with Gasteiger partial charge in [-0.1, -0.05) is 19.4 Å². The van der Waals surface area contributed by atoms with Crippen LogP contribution >= 0.6 is 31.9 Å². The van der Waals surface area contributed by atoms with E-state index in [-0.39, 0.29) is 0 Å². The molecule has 1 atom stereocenters. The fourth-order valence-corrected chi connectivity index (χ4v) is 3.19. The van der Waals surface area contributed by atoms with E-state index in [1.807, 2.05) is 0 Å². The van der Waals surface area contributed by atoms with Crippen LogP contribution in [0.15, 0.2) is 27.1 Å². The van der Waals surface area contributed by atoms with Crippen molar-refractivity contribution in [2.45, 2.75) is 25.8 Å². The summed E-state index contributed by atoms with van der Waals surface area (Å²) in [5.41, 5.74) is 1.42. The molecule has 2 rings (SSSR count). The van der Waals surface area contributed by atoms with Gasteiger partial charge in [-0.25, -0.2) is 0 Å². The lowest BCUT2D eigenvalue weighted by Gasteiger charge is -2.35. The minimum Gasteiger partial charge on any atom is -0.314 e. The Hall–Kier alpha value is 0.1000. The van der Waals surface area contributed by atoms with Crippen LogP contribution in [0, 0.1) is 0 Å². The molecule has 0 unspecified atom stereocenters. The van der Waals surface area contributed by atoms with Crippen molar-refractivity contribution in [2.75, 3.05) is 26.2 Å². The first-order valence-electron chi connectivity index (χ1n) is 6.62. The van der Waals surface area contributed by atoms with Gasteiger partial charge in [0.05, 0.1) is 0 Å². The van der Waals surface area contributed by atoms with Crippen LogP contribution in [0.1, 0.15) is 31.4 Å². The van der Waals surface area contributed by atoms with E-state index in [0.717, 1.165) is 35.1 Å². The molecule has 1 aliphatic heterocycles. The number of hydrogen-bond donors (Lipinski definition) is 1. The molecule has 1 aromatic carbocycles. The fraction of sp³-hybridized carbons (Fsp3) is 0.571. The SMILES string of the molecule is CCC[C@H](c1ccc(Br)c(Br)c1)N1CCNCC1. The van der Waals surface area contributed by atoms with Gasteiger partial charge in [0.25, 0.3) is 0 Å². The van der Waals surface area contributed by atoms with Crippen molar-refractivity contribution in [2.24, 2.45) is 0 Å². The van der Waals surface area contributed by atoms with Gasteiger partial charge in [0.15, 0.2) is 0 Å². The van der Waals surface area contributed by atoms with Crippen LogP contribution in [-0.4, -0.2) is 31.1 Å². The lowest BCUT2D eigenvalue weighted by Crippen LogP contribution is -2.45. The molecule has 1 heterocycles. The van der Waals surface area contributed by atoms with Gasteiger partial charge in [-0.05, 0) is 56.0 Å². The quantitative estimate of drug-likeness (QED) is 0.856. The van der Waals surface area contributed by atoms with E-state index in [0.29, 0.717) is 6.04 Å². The summed E-state index contributed by atoms with van der Waals surface area (Å²) >= 11 is 7.15. The highest BCUT2D eigenvalue weighted by Gasteiger charge is 2.21. The highest BCUT2D eigenvalue weighted by atomic mass is 79.9. The van der Waals surface area contributed by atoms with Crippen molar-refractivity contribution < 1.29 is 0 Å². The second-order valence-corrected chi connectivity index (χ2v) is 6.47. The number of hydrogen-bond acceptors (Lipinski definition) is 2. The average molecular weight is 376 g/mol. The third-order valence-electron chi connectivity index (χ3n) is 3.48. The van der Waals surface area contributed by atoms with E-state index in [1.54, 1.807) is 0 Å². The molecule has 1 N–H and O–H groups in total. The highest BCUT2D eigenvalue weighted by Crippen LogP contribution is 2.31. The van der Waals surface area contributed by atoms with Gasteiger partial charge in [-0.15, -0.1) is 0 Å². The van der Waals surface area contributed by atoms with Gasteiger partial charge in [-0.3, -0.25) is 4.90 Å². The molecule has 0 aromatic heterocycles. The van der Waals surface area contributed by atoms with Gasteiger partial charge >= 0.3 is 0 Å². The van der Waals surface area contributed by atoms with E-state index in [2.05, 4.69) is 67.2 Å². The summed E-state index contributed by atoms with van der Waals surface area (Å²) in [6, 6.07) is 7.20. The Morgan fingerprint density at radius 3 is 2.56 bits per heavy atom. The lowest BCUT2D eigenvalue weighted by molar-refractivity contribution is 0.164. The molecule has 0 radical (unpaired) electrons. The molecule has 4 heteroatoms. The Balaban J connectivity index is 2.19. The predicted molar refractivity (Wildman–Crippen MR) is 83.9 cm³/mol. The monoisotopic (exact) mass is 374 g/mol. The van der Waals surface area contributed by atoms with Crippen LogP contribution < -0.4 is 5.32 Å². The van der Waals surface area contributed by atoms with Crippen molar-refractivity contribution in [3.05, 3.63) is 32.7 Å². The maximum absolute atomic E-state index is 3.61. The first-order chi connectivity index (χ1) is 8.72. The van der Waals surface area contributed by atoms with Crippen LogP contribution in [0.4, 0.5) is 0 Å². The topological polar surface area (TPSA) is 15.3 Å². The number of halogens is 2. The van der Waals surface area contributed by atoms with Crippen LogP contribution in [-0.2, 0) is 0 Å². The van der Waals surface area contributed by atoms with Crippen molar-refractivity contribution in [3.63, 3.8) is 0 Å². The molecule has 2 nitrogen and oxygen atoms in total. The van der Waals surface area contributed by atoms with Crippen LogP contribution in [0.5, 0.6) is 0 Å². The fourth-order valence-electron chi connectivity index (χ4n) is 2.55. The summed E-state index contributed by atoms with van der Waals surface area (Å²) in [5, 5.41) is 3.43. The summed E-state index contributed by atoms with van der Waals surface area (Å²) in [6.07, 6.45) is 2.45. The Labute approximate surface area is 126 Å². The van der Waals surface area contributed by atoms with E-state index in [4.69, 9.17) is 0 Å². The number of nitrogens with one attached hydrogen (secondary N) is 1. The average Bonchev–Trinajstić information content (AvgIpc) is 2.40. The summed E-state index contributed by atoms with van der Waals surface area (Å²) in [4.78, 5) is 2.61. The largest absolute Gasteiger partial charge is 0.314 e. The molecule has 0 saturated carbocycles. The van der Waals surface area contributed by atoms with Crippen LogP contribution in [0.2, 0.25) is 0 Å². The lowest BCUT2D eigenvalue weighted by atomic mass is 10.00. The van der Waals surface area contributed by atoms with Crippen molar-refractivity contribution >= 4 is 31.9 Å². The summed E-state index contributed by atoms with van der Waals surface area (Å²) in [6.45, 7) is 6.79. The molecule has 1 fully saturated rings. The maximum Gasteiger partial charge on any atom is 0.0349 e. The zero-order valence-electron chi connectivity index (χ0n) is 10.8. The molecule has 1 aliphatic rings. The standard InChI is InChI=1S/C14H20Br2N2/c1-2-3-14(18-8-6-17-7-9-18)11-4-5-12(15)13(16)10-11/h4-5,10,14,17H,2-3,6-9H2,1H3/t14-/m1/s1.